The third kappa shape index (κ3) is 4.58. The Morgan fingerprint density at radius 3 is 1.80 bits per heavy atom. The van der Waals surface area contributed by atoms with Gasteiger partial charge in [-0.05, 0) is 87.8 Å². The first-order valence-corrected chi connectivity index (χ1v) is 23.0. The van der Waals surface area contributed by atoms with Gasteiger partial charge >= 0.3 is 0 Å². The molecule has 268 valence electrons. The van der Waals surface area contributed by atoms with Gasteiger partial charge in [0.1, 0.15) is 33.7 Å². The minimum Gasteiger partial charge on any atom is -0.482 e. The fourth-order valence-corrected chi connectivity index (χ4v) is 15.2. The van der Waals surface area contributed by atoms with E-state index in [0.717, 1.165) is 62.2 Å². The molecule has 0 saturated carbocycles. The smallest absolute Gasteiger partial charge is 0.262 e. The summed E-state index contributed by atoms with van der Waals surface area (Å²) >= 11 is 11.3. The maximum absolute atomic E-state index is 14.3. The molecular weight excluding hydrogens is 811 g/mol. The number of carbonyl (C=O) groups is 2. The van der Waals surface area contributed by atoms with Crippen LogP contribution in [-0.4, -0.2) is 32.0 Å². The number of aromatic nitrogens is 2. The quantitative estimate of drug-likeness (QED) is 0.161. The second-order valence-electron chi connectivity index (χ2n) is 14.3. The number of imide groups is 1. The third-order valence-electron chi connectivity index (χ3n) is 10.3. The summed E-state index contributed by atoms with van der Waals surface area (Å²) < 4.78 is 22.5. The summed E-state index contributed by atoms with van der Waals surface area (Å²) in [5, 5.41) is 4.21. The van der Waals surface area contributed by atoms with Crippen molar-refractivity contribution in [2.75, 3.05) is 6.54 Å². The first-order chi connectivity index (χ1) is 26.0. The number of fused-ring (bicyclic) bond motifs is 8. The average molecular weight is 838 g/mol. The van der Waals surface area contributed by atoms with Gasteiger partial charge in [-0.3, -0.25) is 14.5 Å². The van der Waals surface area contributed by atoms with Crippen molar-refractivity contribution >= 4 is 103 Å². The lowest BCUT2D eigenvalue weighted by Crippen LogP contribution is -2.29. The van der Waals surface area contributed by atoms with Crippen molar-refractivity contribution in [2.24, 2.45) is 0 Å². The van der Waals surface area contributed by atoms with Crippen LogP contribution in [0.3, 0.4) is 0 Å². The molecule has 3 aliphatic heterocycles. The highest BCUT2D eigenvalue weighted by atomic mass is 32.1. The predicted octanol–water partition coefficient (Wildman–Crippen LogP) is 12.9. The Labute approximate surface area is 338 Å². The van der Waals surface area contributed by atoms with Gasteiger partial charge in [0.25, 0.3) is 11.8 Å². The zero-order valence-electron chi connectivity index (χ0n) is 29.3. The molecule has 3 aliphatic rings. The molecule has 14 heteroatoms. The Morgan fingerprint density at radius 2 is 1.13 bits per heavy atom. The van der Waals surface area contributed by atoms with E-state index >= 15 is 0 Å². The van der Waals surface area contributed by atoms with Gasteiger partial charge in [-0.25, -0.2) is 0 Å². The van der Waals surface area contributed by atoms with Crippen LogP contribution in [-0.2, 0) is 11.2 Å². The molecule has 8 aromatic rings. The van der Waals surface area contributed by atoms with Crippen LogP contribution < -0.4 is 9.47 Å². The summed E-state index contributed by atoms with van der Waals surface area (Å²) in [5.74, 6) is 1.25. The summed E-state index contributed by atoms with van der Waals surface area (Å²) in [6.07, 6.45) is 0. The van der Waals surface area contributed by atoms with Crippen LogP contribution in [0.1, 0.15) is 66.5 Å². The zero-order chi connectivity index (χ0) is 36.8. The highest BCUT2D eigenvalue weighted by Crippen LogP contribution is 2.57. The third-order valence-corrected chi connectivity index (χ3v) is 17.8. The highest BCUT2D eigenvalue weighted by Gasteiger charge is 2.43. The van der Waals surface area contributed by atoms with Crippen molar-refractivity contribution in [3.05, 3.63) is 81.5 Å². The van der Waals surface area contributed by atoms with Gasteiger partial charge in [0.15, 0.2) is 0 Å². The van der Waals surface area contributed by atoms with E-state index in [0.29, 0.717) is 33.3 Å². The minimum atomic E-state index is -0.452. The van der Waals surface area contributed by atoms with Gasteiger partial charge < -0.3 is 9.47 Å². The topological polar surface area (TPSA) is 81.6 Å². The first-order valence-electron chi connectivity index (χ1n) is 17.2. The van der Waals surface area contributed by atoms with Crippen LogP contribution >= 0.6 is 79.7 Å². The van der Waals surface area contributed by atoms with E-state index in [4.69, 9.17) is 18.2 Å². The Bertz CT molecular complexity index is 2910. The SMILES string of the molecule is CCN1C(=O)c2c(c(-c3ccc(-c4cc5c(s4)-c4sccc4OC5(C)C)s3)c3nsnc3c2-c2ccc(-c3cc4c(s3)-c3sccc3C(C)(C)O4)s2)C1=O. The molecule has 0 radical (unpaired) electrons. The van der Waals surface area contributed by atoms with Crippen molar-refractivity contribution in [3.8, 4) is 71.4 Å². The second kappa shape index (κ2) is 11.5. The largest absolute Gasteiger partial charge is 0.482 e. The molecule has 0 aliphatic carbocycles. The highest BCUT2D eigenvalue weighted by molar-refractivity contribution is 7.28. The van der Waals surface area contributed by atoms with Crippen molar-refractivity contribution < 1.29 is 19.1 Å². The molecule has 10 heterocycles. The lowest BCUT2D eigenvalue weighted by Gasteiger charge is -2.31. The summed E-state index contributed by atoms with van der Waals surface area (Å²) in [5.41, 5.74) is 5.00. The van der Waals surface area contributed by atoms with Crippen LogP contribution in [0.25, 0.3) is 70.9 Å². The van der Waals surface area contributed by atoms with Crippen molar-refractivity contribution in [3.63, 3.8) is 0 Å². The molecular formula is C40H27N3O4S7. The maximum atomic E-state index is 14.3. The van der Waals surface area contributed by atoms with E-state index in [-0.39, 0.29) is 18.4 Å². The number of hydrogen-bond donors (Lipinski definition) is 0. The van der Waals surface area contributed by atoms with Crippen molar-refractivity contribution in [1.29, 1.82) is 0 Å². The fourth-order valence-electron chi connectivity index (χ4n) is 7.79. The monoisotopic (exact) mass is 837 g/mol. The normalized spacial score (nSPS) is 16.2. The Balaban J connectivity index is 1.04. The Kier molecular flexibility index (Phi) is 7.10. The Morgan fingerprint density at radius 1 is 0.574 bits per heavy atom. The van der Waals surface area contributed by atoms with E-state index in [1.807, 2.05) is 19.1 Å². The number of ether oxygens (including phenoxy) is 2. The van der Waals surface area contributed by atoms with Gasteiger partial charge in [-0.1, -0.05) is 0 Å². The maximum Gasteiger partial charge on any atom is 0.262 e. The molecule has 1 aromatic carbocycles. The van der Waals surface area contributed by atoms with E-state index in [1.165, 1.54) is 25.8 Å². The predicted molar refractivity (Wildman–Crippen MR) is 226 cm³/mol. The summed E-state index contributed by atoms with van der Waals surface area (Å²) in [6.45, 7) is 10.6. The molecule has 0 fully saturated rings. The van der Waals surface area contributed by atoms with Crippen LogP contribution in [0.2, 0.25) is 0 Å². The molecule has 11 rings (SSSR count). The van der Waals surface area contributed by atoms with E-state index in [1.54, 1.807) is 68.0 Å². The number of hydrogen-bond acceptors (Lipinski definition) is 13. The van der Waals surface area contributed by atoms with Crippen molar-refractivity contribution in [1.82, 2.24) is 13.6 Å². The lowest BCUT2D eigenvalue weighted by atomic mass is 9.93. The van der Waals surface area contributed by atoms with Gasteiger partial charge in [0.05, 0.1) is 42.4 Å². The summed E-state index contributed by atoms with van der Waals surface area (Å²) in [6, 6.07) is 16.9. The van der Waals surface area contributed by atoms with Crippen molar-refractivity contribution in [2.45, 2.75) is 45.8 Å². The number of carbonyl (C=O) groups excluding carboxylic acids is 2. The molecule has 7 aromatic heterocycles. The molecule has 0 saturated heterocycles. The van der Waals surface area contributed by atoms with E-state index in [9.17, 15) is 9.59 Å². The molecule has 0 N–H and O–H groups in total. The summed E-state index contributed by atoms with van der Waals surface area (Å²) in [4.78, 5) is 40.8. The minimum absolute atomic E-state index is 0.273. The number of amides is 2. The first kappa shape index (κ1) is 33.3. The zero-order valence-corrected chi connectivity index (χ0v) is 35.0. The standard InChI is InChI=1S/C40H27N3O4S7/c1-6-43-37(44)29-27(23-9-7-21(50-23)25-15-18-34(52-25)35-19(12-14-49-35)46-40(18,4)5)31-32(42-54-41-31)28(30(29)38(43)45)24-10-8-22(51-24)26-16-20-36(53-26)33-17(11-13-48-33)39(2,3)47-20/h7-16H,6H2,1-5H3. The van der Waals surface area contributed by atoms with Crippen LogP contribution in [0.5, 0.6) is 11.5 Å². The molecule has 0 unspecified atom stereocenters. The van der Waals surface area contributed by atoms with Gasteiger partial charge in [0, 0.05) is 64.1 Å². The van der Waals surface area contributed by atoms with Crippen LogP contribution in [0.4, 0.5) is 0 Å². The van der Waals surface area contributed by atoms with Gasteiger partial charge in [0.2, 0.25) is 0 Å². The summed E-state index contributed by atoms with van der Waals surface area (Å²) in [7, 11) is 0. The lowest BCUT2D eigenvalue weighted by molar-refractivity contribution is 0.0663. The number of thiophene rings is 6. The molecule has 0 atom stereocenters. The molecule has 54 heavy (non-hydrogen) atoms. The van der Waals surface area contributed by atoms with Gasteiger partial charge in [-0.15, -0.1) is 68.0 Å². The Hall–Kier alpha value is -4.02. The van der Waals surface area contributed by atoms with Crippen LogP contribution in [0, 0.1) is 0 Å². The van der Waals surface area contributed by atoms with Gasteiger partial charge in [-0.2, -0.15) is 8.75 Å². The molecule has 7 nitrogen and oxygen atoms in total. The van der Waals surface area contributed by atoms with E-state index < -0.39 is 11.2 Å². The molecule has 2 amide bonds. The van der Waals surface area contributed by atoms with E-state index in [2.05, 4.69) is 74.9 Å². The molecule has 0 spiro atoms. The van der Waals surface area contributed by atoms with Crippen LogP contribution in [0.15, 0.2) is 59.3 Å². The second-order valence-corrected chi connectivity index (χ2v) is 20.9. The number of benzene rings is 1. The number of nitrogens with zero attached hydrogens (tertiary/aromatic N) is 3. The average Bonchev–Trinajstić information content (AvgIpc) is 3.97. The number of rotatable bonds is 5. The molecule has 0 bridgehead atoms. The fraction of sp³-hybridized carbons (Fsp3) is 0.200.